The van der Waals surface area contributed by atoms with E-state index in [2.05, 4.69) is 17.1 Å². The molecule has 0 aromatic heterocycles. The second-order valence-corrected chi connectivity index (χ2v) is 6.30. The Morgan fingerprint density at radius 2 is 1.89 bits per heavy atom. The number of carboxylic acid groups (broad SMARTS) is 1. The van der Waals surface area contributed by atoms with Gasteiger partial charge in [-0.1, -0.05) is 25.7 Å². The molecule has 0 aromatic rings. The summed E-state index contributed by atoms with van der Waals surface area (Å²) in [4.78, 5) is 13.3. The maximum atomic E-state index is 10.7. The predicted molar refractivity (Wildman–Crippen MR) is 76.3 cm³/mol. The van der Waals surface area contributed by atoms with Gasteiger partial charge >= 0.3 is 5.97 Å². The lowest BCUT2D eigenvalue weighted by Crippen LogP contribution is -2.58. The summed E-state index contributed by atoms with van der Waals surface area (Å²) in [6.07, 6.45) is 9.20. The fourth-order valence-electron chi connectivity index (χ4n) is 3.61. The molecule has 0 spiro atoms. The average molecular weight is 268 g/mol. The molecule has 19 heavy (non-hydrogen) atoms. The highest BCUT2D eigenvalue weighted by molar-refractivity contribution is 5.66. The fraction of sp³-hybridized carbons (Fsp3) is 0.933. The third kappa shape index (κ3) is 4.77. The van der Waals surface area contributed by atoms with Gasteiger partial charge in [-0.15, -0.1) is 0 Å². The third-order valence-electron chi connectivity index (χ3n) is 4.53. The van der Waals surface area contributed by atoms with E-state index in [0.717, 1.165) is 25.6 Å². The van der Waals surface area contributed by atoms with E-state index in [9.17, 15) is 4.79 Å². The number of carbonyl (C=O) groups is 1. The normalized spacial score (nSPS) is 31.0. The second kappa shape index (κ2) is 7.25. The van der Waals surface area contributed by atoms with Gasteiger partial charge in [0.1, 0.15) is 0 Å². The smallest absolute Gasteiger partial charge is 0.303 e. The summed E-state index contributed by atoms with van der Waals surface area (Å²) in [5.74, 6) is -0.680. The van der Waals surface area contributed by atoms with Crippen molar-refractivity contribution in [3.05, 3.63) is 0 Å². The fourth-order valence-corrected chi connectivity index (χ4v) is 3.61. The molecule has 2 unspecified atom stereocenters. The van der Waals surface area contributed by atoms with Crippen molar-refractivity contribution < 1.29 is 9.90 Å². The van der Waals surface area contributed by atoms with Crippen molar-refractivity contribution in [2.45, 2.75) is 76.4 Å². The van der Waals surface area contributed by atoms with Crippen LogP contribution < -0.4 is 5.32 Å². The first-order valence-electron chi connectivity index (χ1n) is 7.87. The SMILES string of the molecule is CC1CN(C2CCCCCC2)CC(CCC(=O)O)N1. The van der Waals surface area contributed by atoms with Gasteiger partial charge in [-0.05, 0) is 26.2 Å². The molecular formula is C15H28N2O2. The van der Waals surface area contributed by atoms with Crippen LogP contribution in [0, 0.1) is 0 Å². The van der Waals surface area contributed by atoms with Crippen LogP contribution in [0.5, 0.6) is 0 Å². The Labute approximate surface area is 116 Å². The number of nitrogens with zero attached hydrogens (tertiary/aromatic N) is 1. The Hall–Kier alpha value is -0.610. The lowest BCUT2D eigenvalue weighted by Gasteiger charge is -2.42. The Balaban J connectivity index is 1.86. The van der Waals surface area contributed by atoms with Gasteiger partial charge in [0.15, 0.2) is 0 Å². The van der Waals surface area contributed by atoms with E-state index in [1.165, 1.54) is 38.5 Å². The standard InChI is InChI=1S/C15H28N2O2/c1-12-10-17(14-6-4-2-3-5-7-14)11-13(16-12)8-9-15(18)19/h12-14,16H,2-11H2,1H3,(H,18,19). The molecule has 2 atom stereocenters. The molecule has 2 fully saturated rings. The molecule has 1 heterocycles. The van der Waals surface area contributed by atoms with Gasteiger partial charge in [0, 0.05) is 37.6 Å². The molecule has 2 aliphatic rings. The minimum atomic E-state index is -0.680. The zero-order valence-corrected chi connectivity index (χ0v) is 12.1. The molecule has 0 amide bonds. The van der Waals surface area contributed by atoms with E-state index >= 15 is 0 Å². The summed E-state index contributed by atoms with van der Waals surface area (Å²) in [6.45, 7) is 4.37. The van der Waals surface area contributed by atoms with Crippen molar-refractivity contribution in [2.24, 2.45) is 0 Å². The Kier molecular flexibility index (Phi) is 5.64. The number of hydrogen-bond acceptors (Lipinski definition) is 3. The van der Waals surface area contributed by atoms with E-state index in [0.29, 0.717) is 12.1 Å². The van der Waals surface area contributed by atoms with Crippen LogP contribution in [0.3, 0.4) is 0 Å². The van der Waals surface area contributed by atoms with Crippen LogP contribution in [0.2, 0.25) is 0 Å². The minimum Gasteiger partial charge on any atom is -0.481 e. The van der Waals surface area contributed by atoms with Crippen LogP contribution in [0.15, 0.2) is 0 Å². The summed E-state index contributed by atoms with van der Waals surface area (Å²) >= 11 is 0. The van der Waals surface area contributed by atoms with Crippen molar-refractivity contribution in [3.63, 3.8) is 0 Å². The van der Waals surface area contributed by atoms with Crippen LogP contribution in [-0.2, 0) is 4.79 Å². The lowest BCUT2D eigenvalue weighted by molar-refractivity contribution is -0.137. The van der Waals surface area contributed by atoms with Crippen molar-refractivity contribution in [1.29, 1.82) is 0 Å². The third-order valence-corrected chi connectivity index (χ3v) is 4.53. The first kappa shape index (κ1) is 14.8. The van der Waals surface area contributed by atoms with Gasteiger partial charge < -0.3 is 10.4 Å². The van der Waals surface area contributed by atoms with Crippen LogP contribution in [0.1, 0.15) is 58.3 Å². The molecule has 2 N–H and O–H groups in total. The van der Waals surface area contributed by atoms with E-state index < -0.39 is 5.97 Å². The molecule has 1 saturated carbocycles. The van der Waals surface area contributed by atoms with Crippen molar-refractivity contribution >= 4 is 5.97 Å². The molecular weight excluding hydrogens is 240 g/mol. The molecule has 0 bridgehead atoms. The molecule has 0 aromatic carbocycles. The Bertz CT molecular complexity index is 288. The van der Waals surface area contributed by atoms with E-state index in [1.807, 2.05) is 0 Å². The van der Waals surface area contributed by atoms with E-state index in [-0.39, 0.29) is 6.42 Å². The van der Waals surface area contributed by atoms with Gasteiger partial charge in [-0.3, -0.25) is 9.69 Å². The van der Waals surface area contributed by atoms with Crippen LogP contribution in [0.25, 0.3) is 0 Å². The molecule has 1 aliphatic carbocycles. The van der Waals surface area contributed by atoms with Crippen molar-refractivity contribution in [1.82, 2.24) is 10.2 Å². The highest BCUT2D eigenvalue weighted by Crippen LogP contribution is 2.24. The van der Waals surface area contributed by atoms with Crippen molar-refractivity contribution in [3.8, 4) is 0 Å². The maximum Gasteiger partial charge on any atom is 0.303 e. The van der Waals surface area contributed by atoms with Crippen LogP contribution in [-0.4, -0.2) is 47.2 Å². The molecule has 1 saturated heterocycles. The number of aliphatic carboxylic acids is 1. The molecule has 2 rings (SSSR count). The highest BCUT2D eigenvalue weighted by atomic mass is 16.4. The highest BCUT2D eigenvalue weighted by Gasteiger charge is 2.29. The van der Waals surface area contributed by atoms with Gasteiger partial charge in [0.25, 0.3) is 0 Å². The summed E-state index contributed by atoms with van der Waals surface area (Å²) in [6, 6.07) is 1.57. The average Bonchev–Trinajstić information content (AvgIpc) is 2.64. The lowest BCUT2D eigenvalue weighted by atomic mass is 10.0. The second-order valence-electron chi connectivity index (χ2n) is 6.30. The summed E-state index contributed by atoms with van der Waals surface area (Å²) < 4.78 is 0. The van der Waals surface area contributed by atoms with Gasteiger partial charge in [-0.2, -0.15) is 0 Å². The van der Waals surface area contributed by atoms with Crippen molar-refractivity contribution in [2.75, 3.05) is 13.1 Å². The molecule has 1 aliphatic heterocycles. The zero-order chi connectivity index (χ0) is 13.7. The summed E-state index contributed by atoms with van der Waals surface area (Å²) in [7, 11) is 0. The largest absolute Gasteiger partial charge is 0.481 e. The van der Waals surface area contributed by atoms with E-state index in [4.69, 9.17) is 5.11 Å². The Morgan fingerprint density at radius 1 is 1.21 bits per heavy atom. The maximum absolute atomic E-state index is 10.7. The molecule has 4 heteroatoms. The predicted octanol–water partition coefficient (Wildman–Crippen LogP) is 2.24. The molecule has 0 radical (unpaired) electrons. The number of hydrogen-bond donors (Lipinski definition) is 2. The minimum absolute atomic E-state index is 0.281. The van der Waals surface area contributed by atoms with Gasteiger partial charge in [-0.25, -0.2) is 0 Å². The molecule has 110 valence electrons. The molecule has 4 nitrogen and oxygen atoms in total. The van der Waals surface area contributed by atoms with Gasteiger partial charge in [0.2, 0.25) is 0 Å². The van der Waals surface area contributed by atoms with Gasteiger partial charge in [0.05, 0.1) is 0 Å². The first-order valence-corrected chi connectivity index (χ1v) is 7.87. The number of nitrogens with one attached hydrogen (secondary N) is 1. The number of rotatable bonds is 4. The number of carboxylic acids is 1. The topological polar surface area (TPSA) is 52.6 Å². The quantitative estimate of drug-likeness (QED) is 0.768. The zero-order valence-electron chi connectivity index (χ0n) is 12.1. The van der Waals surface area contributed by atoms with Crippen LogP contribution in [0.4, 0.5) is 0 Å². The summed E-state index contributed by atoms with van der Waals surface area (Å²) in [5.41, 5.74) is 0. The van der Waals surface area contributed by atoms with E-state index in [1.54, 1.807) is 0 Å². The Morgan fingerprint density at radius 3 is 2.53 bits per heavy atom. The summed E-state index contributed by atoms with van der Waals surface area (Å²) in [5, 5.41) is 12.4. The monoisotopic (exact) mass is 268 g/mol. The number of piperazine rings is 1. The van der Waals surface area contributed by atoms with Crippen LogP contribution >= 0.6 is 0 Å². The first-order chi connectivity index (χ1) is 9.15.